The molecule has 0 radical (unpaired) electrons. The van der Waals surface area contributed by atoms with E-state index in [2.05, 4.69) is 10.3 Å². The third kappa shape index (κ3) is 2.60. The van der Waals surface area contributed by atoms with Gasteiger partial charge in [-0.05, 0) is 11.6 Å². The van der Waals surface area contributed by atoms with E-state index in [1.807, 2.05) is 11.0 Å². The van der Waals surface area contributed by atoms with Crippen LogP contribution >= 0.6 is 0 Å². The number of rotatable bonds is 3. The molecule has 1 amide bonds. The van der Waals surface area contributed by atoms with Crippen LogP contribution in [0.25, 0.3) is 0 Å². The summed E-state index contributed by atoms with van der Waals surface area (Å²) >= 11 is 0. The quantitative estimate of drug-likeness (QED) is 0.759. The molecule has 0 saturated carbocycles. The summed E-state index contributed by atoms with van der Waals surface area (Å²) < 4.78 is 5.33. The number of nitrogens with zero attached hydrogens (tertiary/aromatic N) is 2. The lowest BCUT2D eigenvalue weighted by Gasteiger charge is -2.35. The number of nitrogens with one attached hydrogen (secondary N) is 1. The third-order valence-corrected chi connectivity index (χ3v) is 2.96. The van der Waals surface area contributed by atoms with Crippen LogP contribution in [0.4, 0.5) is 5.82 Å². The van der Waals surface area contributed by atoms with E-state index in [9.17, 15) is 4.79 Å². The molecule has 2 N–H and O–H groups in total. The van der Waals surface area contributed by atoms with E-state index in [1.165, 1.54) is 0 Å². The first-order valence-corrected chi connectivity index (χ1v) is 5.88. The van der Waals surface area contributed by atoms with Crippen molar-refractivity contribution in [2.24, 2.45) is 0 Å². The summed E-state index contributed by atoms with van der Waals surface area (Å²) in [7, 11) is 1.61. The van der Waals surface area contributed by atoms with Gasteiger partial charge in [-0.25, -0.2) is 4.98 Å². The van der Waals surface area contributed by atoms with E-state index in [0.717, 1.165) is 11.4 Å². The molecule has 6 nitrogen and oxygen atoms in total. The predicted molar refractivity (Wildman–Crippen MR) is 66.2 cm³/mol. The number of pyridine rings is 1. The van der Waals surface area contributed by atoms with Crippen LogP contribution in [-0.2, 0) is 16.1 Å². The number of hydrogen-bond acceptors (Lipinski definition) is 5. The van der Waals surface area contributed by atoms with Gasteiger partial charge in [-0.1, -0.05) is 6.07 Å². The minimum Gasteiger partial charge on any atom is -0.392 e. The topological polar surface area (TPSA) is 74.7 Å². The van der Waals surface area contributed by atoms with Crippen molar-refractivity contribution >= 4 is 11.7 Å². The Bertz CT molecular complexity index is 408. The molecule has 1 atom stereocenters. The molecule has 0 aromatic carbocycles. The third-order valence-electron chi connectivity index (χ3n) is 2.96. The number of aliphatic hydroxyl groups excluding tert-OH is 1. The zero-order valence-electron chi connectivity index (χ0n) is 10.3. The van der Waals surface area contributed by atoms with Crippen molar-refractivity contribution in [3.63, 3.8) is 0 Å². The molecule has 0 spiro atoms. The van der Waals surface area contributed by atoms with E-state index in [1.54, 1.807) is 19.3 Å². The lowest BCUT2D eigenvalue weighted by Crippen LogP contribution is -2.53. The highest BCUT2D eigenvalue weighted by Gasteiger charge is 2.29. The average Bonchev–Trinajstić information content (AvgIpc) is 2.46. The molecule has 0 aliphatic carbocycles. The molecule has 1 aliphatic heterocycles. The fourth-order valence-corrected chi connectivity index (χ4v) is 1.94. The van der Waals surface area contributed by atoms with E-state index in [4.69, 9.17) is 9.84 Å². The van der Waals surface area contributed by atoms with E-state index in [-0.39, 0.29) is 18.6 Å². The van der Waals surface area contributed by atoms with Crippen molar-refractivity contribution in [3.05, 3.63) is 23.9 Å². The Labute approximate surface area is 106 Å². The first-order chi connectivity index (χ1) is 8.76. The van der Waals surface area contributed by atoms with Gasteiger partial charge in [-0.15, -0.1) is 0 Å². The molecule has 0 bridgehead atoms. The second-order valence-corrected chi connectivity index (χ2v) is 4.08. The maximum Gasteiger partial charge on any atom is 0.244 e. The van der Waals surface area contributed by atoms with Crippen molar-refractivity contribution < 1.29 is 14.6 Å². The first kappa shape index (κ1) is 12.8. The Morgan fingerprint density at radius 1 is 1.67 bits per heavy atom. The minimum absolute atomic E-state index is 0.0325. The molecule has 18 heavy (non-hydrogen) atoms. The second kappa shape index (κ2) is 5.79. The van der Waals surface area contributed by atoms with Crippen molar-refractivity contribution in [1.29, 1.82) is 0 Å². The zero-order chi connectivity index (χ0) is 13.0. The fraction of sp³-hybridized carbons (Fsp3) is 0.500. The molecule has 1 aromatic rings. The molecular weight excluding hydrogens is 234 g/mol. The van der Waals surface area contributed by atoms with Gasteiger partial charge in [0.05, 0.1) is 19.8 Å². The maximum absolute atomic E-state index is 11.8. The summed E-state index contributed by atoms with van der Waals surface area (Å²) in [5, 5.41) is 11.6. The van der Waals surface area contributed by atoms with Gasteiger partial charge in [0, 0.05) is 19.8 Å². The van der Waals surface area contributed by atoms with Gasteiger partial charge in [0.25, 0.3) is 0 Å². The molecular formula is C12H17N3O3. The first-order valence-electron chi connectivity index (χ1n) is 5.88. The molecule has 1 saturated heterocycles. The average molecular weight is 251 g/mol. The standard InChI is InChI=1S/C12H17N3O3/c1-13-12(17)10-8-18-5-4-15(10)11-3-2-9(7-16)6-14-11/h2-3,6,10,16H,4-5,7-8H2,1H3,(H,13,17). The van der Waals surface area contributed by atoms with Gasteiger partial charge in [0.1, 0.15) is 11.9 Å². The van der Waals surface area contributed by atoms with Gasteiger partial charge in [0.15, 0.2) is 0 Å². The fourth-order valence-electron chi connectivity index (χ4n) is 1.94. The number of aliphatic hydroxyl groups is 1. The summed E-state index contributed by atoms with van der Waals surface area (Å²) in [5.41, 5.74) is 0.753. The number of anilines is 1. The summed E-state index contributed by atoms with van der Waals surface area (Å²) in [6.07, 6.45) is 1.62. The molecule has 1 aromatic heterocycles. The maximum atomic E-state index is 11.8. The Balaban J connectivity index is 2.19. The molecule has 2 rings (SSSR count). The lowest BCUT2D eigenvalue weighted by molar-refractivity contribution is -0.124. The van der Waals surface area contributed by atoms with Crippen LogP contribution in [-0.4, -0.2) is 48.8 Å². The van der Waals surface area contributed by atoms with Gasteiger partial charge in [-0.2, -0.15) is 0 Å². The summed E-state index contributed by atoms with van der Waals surface area (Å²) in [5.74, 6) is 0.645. The van der Waals surface area contributed by atoms with Crippen molar-refractivity contribution in [2.75, 3.05) is 31.7 Å². The van der Waals surface area contributed by atoms with Gasteiger partial charge in [0.2, 0.25) is 5.91 Å². The van der Waals surface area contributed by atoms with Crippen LogP contribution in [0, 0.1) is 0 Å². The highest BCUT2D eigenvalue weighted by atomic mass is 16.5. The van der Waals surface area contributed by atoms with E-state index < -0.39 is 0 Å². The number of carbonyl (C=O) groups is 1. The van der Waals surface area contributed by atoms with Gasteiger partial charge >= 0.3 is 0 Å². The number of ether oxygens (including phenoxy) is 1. The summed E-state index contributed by atoms with van der Waals surface area (Å²) in [6, 6.07) is 3.27. The van der Waals surface area contributed by atoms with Crippen LogP contribution in [0.3, 0.4) is 0 Å². The van der Waals surface area contributed by atoms with Crippen LogP contribution in [0.1, 0.15) is 5.56 Å². The monoisotopic (exact) mass is 251 g/mol. The van der Waals surface area contributed by atoms with E-state index in [0.29, 0.717) is 19.8 Å². The summed E-state index contributed by atoms with van der Waals surface area (Å²) in [4.78, 5) is 18.0. The Kier molecular flexibility index (Phi) is 4.11. The molecule has 6 heteroatoms. The van der Waals surface area contributed by atoms with Gasteiger partial charge < -0.3 is 20.1 Å². The smallest absolute Gasteiger partial charge is 0.244 e. The normalized spacial score (nSPS) is 19.7. The molecule has 1 fully saturated rings. The van der Waals surface area contributed by atoms with Crippen molar-refractivity contribution in [2.45, 2.75) is 12.6 Å². The SMILES string of the molecule is CNC(=O)C1COCCN1c1ccc(CO)cn1. The van der Waals surface area contributed by atoms with E-state index >= 15 is 0 Å². The highest BCUT2D eigenvalue weighted by molar-refractivity contribution is 5.85. The van der Waals surface area contributed by atoms with Crippen LogP contribution in [0.15, 0.2) is 18.3 Å². The largest absolute Gasteiger partial charge is 0.392 e. The minimum atomic E-state index is -0.351. The Morgan fingerprint density at radius 3 is 3.11 bits per heavy atom. The molecule has 1 aliphatic rings. The van der Waals surface area contributed by atoms with Crippen molar-refractivity contribution in [3.8, 4) is 0 Å². The van der Waals surface area contributed by atoms with Crippen LogP contribution in [0.5, 0.6) is 0 Å². The number of likely N-dealkylation sites (N-methyl/N-ethyl adjacent to an activating group) is 1. The molecule has 1 unspecified atom stereocenters. The Hall–Kier alpha value is -1.66. The number of hydrogen-bond donors (Lipinski definition) is 2. The molecule has 98 valence electrons. The summed E-state index contributed by atoms with van der Waals surface area (Å²) in [6.45, 7) is 1.54. The number of morpholine rings is 1. The van der Waals surface area contributed by atoms with Crippen LogP contribution < -0.4 is 10.2 Å². The lowest BCUT2D eigenvalue weighted by atomic mass is 10.2. The zero-order valence-corrected chi connectivity index (χ0v) is 10.3. The second-order valence-electron chi connectivity index (χ2n) is 4.08. The molecule has 2 heterocycles. The Morgan fingerprint density at radius 2 is 2.50 bits per heavy atom. The number of aromatic nitrogens is 1. The highest BCUT2D eigenvalue weighted by Crippen LogP contribution is 2.17. The van der Waals surface area contributed by atoms with Crippen LogP contribution in [0.2, 0.25) is 0 Å². The predicted octanol–water partition coefficient (Wildman–Crippen LogP) is -0.475. The van der Waals surface area contributed by atoms with Gasteiger partial charge in [-0.3, -0.25) is 4.79 Å². The number of carbonyl (C=O) groups excluding carboxylic acids is 1. The van der Waals surface area contributed by atoms with Crippen molar-refractivity contribution in [1.82, 2.24) is 10.3 Å². The number of amides is 1.